The van der Waals surface area contributed by atoms with Crippen LogP contribution in [0.2, 0.25) is 0 Å². The molecule has 4 heteroatoms. The molecule has 0 radical (unpaired) electrons. The van der Waals surface area contributed by atoms with E-state index in [1.807, 2.05) is 0 Å². The van der Waals surface area contributed by atoms with Crippen molar-refractivity contribution < 1.29 is 9.47 Å². The summed E-state index contributed by atoms with van der Waals surface area (Å²) in [5.74, 6) is 1.67. The minimum atomic E-state index is 0.834. The zero-order chi connectivity index (χ0) is 26.5. The fourth-order valence-corrected chi connectivity index (χ4v) is 5.83. The van der Waals surface area contributed by atoms with Crippen LogP contribution in [-0.2, 0) is 12.8 Å². The molecule has 3 aromatic carbocycles. The van der Waals surface area contributed by atoms with Gasteiger partial charge in [-0.25, -0.2) is 0 Å². The van der Waals surface area contributed by atoms with E-state index in [2.05, 4.69) is 96.5 Å². The molecule has 0 spiro atoms. The number of benzene rings is 3. The van der Waals surface area contributed by atoms with Crippen molar-refractivity contribution >= 4 is 35.7 Å². The molecular weight excluding hydrogens is 468 g/mol. The lowest BCUT2D eigenvalue weighted by atomic mass is 9.98. The lowest BCUT2D eigenvalue weighted by Gasteiger charge is -2.30. The summed E-state index contributed by atoms with van der Waals surface area (Å²) in [6, 6.07) is 17.7. The van der Waals surface area contributed by atoms with E-state index < -0.39 is 0 Å². The van der Waals surface area contributed by atoms with Crippen LogP contribution in [0, 0.1) is 0 Å². The van der Waals surface area contributed by atoms with Gasteiger partial charge in [0.05, 0.1) is 14.2 Å². The van der Waals surface area contributed by atoms with E-state index >= 15 is 0 Å². The highest BCUT2D eigenvalue weighted by Crippen LogP contribution is 2.34. The monoisotopic (exact) mass is 508 g/mol. The Balaban J connectivity index is 1.38. The number of aryl methyl sites for hydroxylation is 2. The van der Waals surface area contributed by atoms with Gasteiger partial charge < -0.3 is 19.3 Å². The molecule has 2 aliphatic heterocycles. The van der Waals surface area contributed by atoms with E-state index in [-0.39, 0.29) is 0 Å². The highest BCUT2D eigenvalue weighted by atomic mass is 16.5. The average Bonchev–Trinajstić information content (AvgIpc) is 2.97. The Labute approximate surface area is 228 Å². The van der Waals surface area contributed by atoms with Crippen molar-refractivity contribution in [3.8, 4) is 11.5 Å². The van der Waals surface area contributed by atoms with Crippen molar-refractivity contribution in [3.63, 3.8) is 0 Å². The van der Waals surface area contributed by atoms with Gasteiger partial charge in [-0.3, -0.25) is 0 Å². The van der Waals surface area contributed by atoms with Crippen molar-refractivity contribution in [2.24, 2.45) is 0 Å². The molecule has 5 rings (SSSR count). The quantitative estimate of drug-likeness (QED) is 0.293. The molecule has 0 saturated carbocycles. The van der Waals surface area contributed by atoms with Gasteiger partial charge in [-0.2, -0.15) is 0 Å². The van der Waals surface area contributed by atoms with Gasteiger partial charge in [-0.1, -0.05) is 36.4 Å². The molecule has 0 saturated heterocycles. The number of rotatable bonds is 8. The Bertz CT molecular complexity index is 1240. The van der Waals surface area contributed by atoms with Gasteiger partial charge in [0.25, 0.3) is 0 Å². The van der Waals surface area contributed by atoms with E-state index in [1.165, 1.54) is 46.5 Å². The predicted molar refractivity (Wildman–Crippen MR) is 163 cm³/mol. The van der Waals surface area contributed by atoms with Crippen LogP contribution in [0.4, 0.5) is 11.4 Å². The number of ether oxygens (including phenoxy) is 2. The van der Waals surface area contributed by atoms with Crippen LogP contribution in [0.1, 0.15) is 60.1 Å². The smallest absolute Gasteiger partial charge is 0.126 e. The molecule has 2 aliphatic rings. The molecule has 0 N–H and O–H groups in total. The third-order valence-electron chi connectivity index (χ3n) is 7.89. The van der Waals surface area contributed by atoms with E-state index in [0.717, 1.165) is 61.6 Å². The third-order valence-corrected chi connectivity index (χ3v) is 7.89. The topological polar surface area (TPSA) is 24.9 Å². The minimum absolute atomic E-state index is 0.834. The summed E-state index contributed by atoms with van der Waals surface area (Å²) >= 11 is 0. The standard InChI is InChI=1S/C34H40N2O2/c1-5-35-19-7-9-27-21-25(13-17-31(27)35)11-15-29-23-34(38-4)30(24-33(29)37-3)16-12-26-14-18-32-28(22-26)10-8-20-36(32)6-2/h11-18,21-24H,5-10,19-20H2,1-4H3/b15-11+,16-12+. The van der Waals surface area contributed by atoms with Crippen LogP contribution >= 0.6 is 0 Å². The number of methoxy groups -OCH3 is 2. The lowest BCUT2D eigenvalue weighted by molar-refractivity contribution is 0.401. The molecule has 0 bridgehead atoms. The van der Waals surface area contributed by atoms with Crippen molar-refractivity contribution in [2.75, 3.05) is 50.2 Å². The van der Waals surface area contributed by atoms with Crippen molar-refractivity contribution in [3.05, 3.63) is 81.9 Å². The fraction of sp³-hybridized carbons (Fsp3) is 0.353. The Kier molecular flexibility index (Phi) is 8.07. The average molecular weight is 509 g/mol. The maximum Gasteiger partial charge on any atom is 0.126 e. The van der Waals surface area contributed by atoms with Crippen LogP contribution in [-0.4, -0.2) is 40.4 Å². The first-order valence-corrected chi connectivity index (χ1v) is 14.0. The lowest BCUT2D eigenvalue weighted by Crippen LogP contribution is -2.28. The fourth-order valence-electron chi connectivity index (χ4n) is 5.83. The molecule has 38 heavy (non-hydrogen) atoms. The number of hydrogen-bond acceptors (Lipinski definition) is 4. The maximum absolute atomic E-state index is 5.79. The summed E-state index contributed by atoms with van der Waals surface area (Å²) < 4.78 is 11.6. The highest BCUT2D eigenvalue weighted by molar-refractivity contribution is 5.80. The van der Waals surface area contributed by atoms with E-state index in [0.29, 0.717) is 0 Å². The van der Waals surface area contributed by atoms with Crippen molar-refractivity contribution in [1.29, 1.82) is 0 Å². The Morgan fingerprint density at radius 3 is 1.47 bits per heavy atom. The summed E-state index contributed by atoms with van der Waals surface area (Å²) in [6.45, 7) is 8.89. The normalized spacial score (nSPS) is 15.2. The molecule has 2 heterocycles. The van der Waals surface area contributed by atoms with Gasteiger partial charge in [0.2, 0.25) is 0 Å². The first-order chi connectivity index (χ1) is 18.6. The molecule has 4 nitrogen and oxygen atoms in total. The van der Waals surface area contributed by atoms with Crippen LogP contribution in [0.25, 0.3) is 24.3 Å². The molecule has 0 fully saturated rings. The minimum Gasteiger partial charge on any atom is -0.496 e. The van der Waals surface area contributed by atoms with Crippen LogP contribution in [0.3, 0.4) is 0 Å². The molecule has 0 atom stereocenters. The first-order valence-electron chi connectivity index (χ1n) is 14.0. The summed E-state index contributed by atoms with van der Waals surface area (Å²) in [7, 11) is 3.46. The zero-order valence-electron chi connectivity index (χ0n) is 23.3. The molecular formula is C34H40N2O2. The maximum atomic E-state index is 5.79. The second-order valence-corrected chi connectivity index (χ2v) is 10.1. The summed E-state index contributed by atoms with van der Waals surface area (Å²) in [6.07, 6.45) is 13.3. The number of fused-ring (bicyclic) bond motifs is 2. The number of hydrogen-bond donors (Lipinski definition) is 0. The first kappa shape index (κ1) is 26.0. The van der Waals surface area contributed by atoms with Gasteiger partial charge in [0, 0.05) is 48.7 Å². The summed E-state index contributed by atoms with van der Waals surface area (Å²) in [5.41, 5.74) is 10.1. The Morgan fingerprint density at radius 1 is 0.632 bits per heavy atom. The third kappa shape index (κ3) is 5.45. The van der Waals surface area contributed by atoms with Crippen molar-refractivity contribution in [2.45, 2.75) is 39.5 Å². The molecule has 0 aromatic heterocycles. The number of nitrogens with zero attached hydrogens (tertiary/aromatic N) is 2. The number of anilines is 2. The summed E-state index contributed by atoms with van der Waals surface area (Å²) in [5, 5.41) is 0. The van der Waals surface area contributed by atoms with Gasteiger partial charge in [-0.05, 0) is 98.2 Å². The predicted octanol–water partition coefficient (Wildman–Crippen LogP) is 7.59. The molecule has 198 valence electrons. The van der Waals surface area contributed by atoms with Gasteiger partial charge >= 0.3 is 0 Å². The van der Waals surface area contributed by atoms with Crippen LogP contribution < -0.4 is 19.3 Å². The van der Waals surface area contributed by atoms with Gasteiger partial charge in [0.15, 0.2) is 0 Å². The second kappa shape index (κ2) is 11.8. The molecule has 0 amide bonds. The van der Waals surface area contributed by atoms with Gasteiger partial charge in [-0.15, -0.1) is 0 Å². The largest absolute Gasteiger partial charge is 0.496 e. The Hall–Kier alpha value is -3.66. The highest BCUT2D eigenvalue weighted by Gasteiger charge is 2.16. The molecule has 0 unspecified atom stereocenters. The Morgan fingerprint density at radius 2 is 1.08 bits per heavy atom. The van der Waals surface area contributed by atoms with Crippen LogP contribution in [0.5, 0.6) is 11.5 Å². The second-order valence-electron chi connectivity index (χ2n) is 10.1. The zero-order valence-corrected chi connectivity index (χ0v) is 23.3. The SMILES string of the molecule is CCN1CCCc2cc(/C=C/c3cc(OC)c(/C=C/c4ccc5c(c4)CCCN5CC)cc3OC)ccc21. The van der Waals surface area contributed by atoms with Crippen molar-refractivity contribution in [1.82, 2.24) is 0 Å². The van der Waals surface area contributed by atoms with E-state index in [4.69, 9.17) is 9.47 Å². The van der Waals surface area contributed by atoms with Crippen LogP contribution in [0.15, 0.2) is 48.5 Å². The molecule has 0 aliphatic carbocycles. The van der Waals surface area contributed by atoms with E-state index in [1.54, 1.807) is 14.2 Å². The summed E-state index contributed by atoms with van der Waals surface area (Å²) in [4.78, 5) is 4.94. The van der Waals surface area contributed by atoms with Gasteiger partial charge in [0.1, 0.15) is 11.5 Å². The molecule has 3 aromatic rings. The van der Waals surface area contributed by atoms with E-state index in [9.17, 15) is 0 Å².